The van der Waals surface area contributed by atoms with Crippen LogP contribution in [0.5, 0.6) is 0 Å². The van der Waals surface area contributed by atoms with Crippen molar-refractivity contribution in [1.29, 1.82) is 0 Å². The van der Waals surface area contributed by atoms with Gasteiger partial charge in [0.2, 0.25) is 8.37 Å². The third-order valence-electron chi connectivity index (χ3n) is 4.17. The third kappa shape index (κ3) is 8.30. The Hall–Kier alpha value is 0.320. The molecule has 140 valence electrons. The molecular formula is C12H25F6N3P2. The molecule has 3 heterocycles. The van der Waals surface area contributed by atoms with Gasteiger partial charge in [0.1, 0.15) is 0 Å². The maximum absolute atomic E-state index is 10.7. The van der Waals surface area contributed by atoms with Crippen molar-refractivity contribution < 1.29 is 25.2 Å². The molecule has 3 fully saturated rings. The average molecular weight is 387 g/mol. The first-order valence-corrected chi connectivity index (χ1v) is 11.5. The molecule has 0 aromatic rings. The van der Waals surface area contributed by atoms with Crippen LogP contribution in [0, 0.1) is 0 Å². The Balaban J connectivity index is 0.000000236. The van der Waals surface area contributed by atoms with Crippen LogP contribution in [0.15, 0.2) is 0 Å². The molecule has 11 heteroatoms. The molecule has 0 N–H and O–H groups in total. The van der Waals surface area contributed by atoms with Crippen LogP contribution in [0.25, 0.3) is 0 Å². The maximum atomic E-state index is 9.87. The van der Waals surface area contributed by atoms with Gasteiger partial charge in [-0.3, -0.25) is 0 Å². The number of halogens is 6. The van der Waals surface area contributed by atoms with E-state index in [0.29, 0.717) is 0 Å². The van der Waals surface area contributed by atoms with E-state index in [-0.39, 0.29) is 0 Å². The summed E-state index contributed by atoms with van der Waals surface area (Å²) < 4.78 is 67.7. The summed E-state index contributed by atoms with van der Waals surface area (Å²) in [4.78, 5) is 0. The van der Waals surface area contributed by atoms with Gasteiger partial charge in [-0.15, -0.1) is 0 Å². The Labute approximate surface area is 134 Å². The fourth-order valence-electron chi connectivity index (χ4n) is 3.35. The van der Waals surface area contributed by atoms with Gasteiger partial charge in [0.05, 0.1) is 0 Å². The van der Waals surface area contributed by atoms with E-state index in [2.05, 4.69) is 14.0 Å². The minimum atomic E-state index is -10.7. The van der Waals surface area contributed by atoms with Gasteiger partial charge in [-0.2, -0.15) is 14.0 Å². The summed E-state index contributed by atoms with van der Waals surface area (Å²) in [6.45, 7) is 8.26. The summed E-state index contributed by atoms with van der Waals surface area (Å²) in [7, 11) is -11.1. The number of nitrogens with zero attached hydrogens (tertiary/aromatic N) is 3. The monoisotopic (exact) mass is 387 g/mol. The zero-order valence-electron chi connectivity index (χ0n) is 13.0. The van der Waals surface area contributed by atoms with Crippen LogP contribution in [0.3, 0.4) is 0 Å². The normalized spacial score (nSPS) is 27.8. The van der Waals surface area contributed by atoms with Gasteiger partial charge < -0.3 is 0 Å². The van der Waals surface area contributed by atoms with E-state index in [0.717, 1.165) is 0 Å². The molecule has 0 atom stereocenters. The van der Waals surface area contributed by atoms with E-state index in [1.807, 2.05) is 0 Å². The molecule has 3 nitrogen and oxygen atoms in total. The molecule has 0 unspecified atom stereocenters. The van der Waals surface area contributed by atoms with Gasteiger partial charge in [0.25, 0.3) is 0 Å². The van der Waals surface area contributed by atoms with Crippen LogP contribution < -0.4 is 0 Å². The fourth-order valence-corrected chi connectivity index (χ4v) is 6.70. The van der Waals surface area contributed by atoms with Crippen molar-refractivity contribution in [3.63, 3.8) is 0 Å². The predicted molar refractivity (Wildman–Crippen MR) is 84.3 cm³/mol. The average Bonchev–Trinajstić information content (AvgIpc) is 3.09. The topological polar surface area (TPSA) is 9.72 Å². The molecule has 0 aromatic heterocycles. The molecular weight excluding hydrogens is 362 g/mol. The molecule has 0 radical (unpaired) electrons. The van der Waals surface area contributed by atoms with Crippen molar-refractivity contribution >= 4 is 16.2 Å². The van der Waals surface area contributed by atoms with Gasteiger partial charge >= 0.3 is 33.0 Å². The van der Waals surface area contributed by atoms with Crippen molar-refractivity contribution in [1.82, 2.24) is 14.0 Å². The van der Waals surface area contributed by atoms with Crippen LogP contribution >= 0.6 is 16.2 Å². The molecule has 3 saturated heterocycles. The van der Waals surface area contributed by atoms with Gasteiger partial charge in [-0.05, 0) is 38.5 Å². The Kier molecular flexibility index (Phi) is 5.60. The van der Waals surface area contributed by atoms with Crippen molar-refractivity contribution in [2.75, 3.05) is 39.3 Å². The minimum absolute atomic E-state index is 0.478. The molecule has 3 aliphatic heterocycles. The first-order valence-electron chi connectivity index (χ1n) is 8.08. The summed E-state index contributed by atoms with van der Waals surface area (Å²) >= 11 is 0. The standard InChI is InChI=1S/C12H24N3P.F6P/c1-2-8-13(7-1)16(14-9-3-4-10-14)15-11-5-6-12-15;1-7(2,3,4,5)6/h1-12H2;/q;-1/p+1. The first kappa shape index (κ1) is 19.6. The van der Waals surface area contributed by atoms with E-state index >= 15 is 0 Å². The molecule has 0 aromatic carbocycles. The van der Waals surface area contributed by atoms with E-state index < -0.39 is 16.2 Å². The zero-order valence-corrected chi connectivity index (χ0v) is 14.9. The summed E-state index contributed by atoms with van der Waals surface area (Å²) in [5.41, 5.74) is 0. The first-order chi connectivity index (χ1) is 10.4. The van der Waals surface area contributed by atoms with E-state index in [1.54, 1.807) is 0 Å². The quantitative estimate of drug-likeness (QED) is 0.460. The molecule has 0 amide bonds. The summed E-state index contributed by atoms with van der Waals surface area (Å²) in [5, 5.41) is 0. The zero-order chi connectivity index (χ0) is 17.2. The second-order valence-corrected chi connectivity index (χ2v) is 10.8. The van der Waals surface area contributed by atoms with Crippen molar-refractivity contribution in [2.45, 2.75) is 38.5 Å². The van der Waals surface area contributed by atoms with Crippen LogP contribution in [-0.2, 0) is 0 Å². The van der Waals surface area contributed by atoms with Crippen LogP contribution in [-0.4, -0.2) is 53.3 Å². The molecule has 0 aliphatic carbocycles. The van der Waals surface area contributed by atoms with E-state index in [4.69, 9.17) is 0 Å². The molecule has 0 saturated carbocycles. The molecule has 0 bridgehead atoms. The molecule has 0 spiro atoms. The second-order valence-electron chi connectivity index (χ2n) is 6.34. The van der Waals surface area contributed by atoms with Crippen LogP contribution in [0.1, 0.15) is 38.5 Å². The Morgan fingerprint density at radius 2 is 0.652 bits per heavy atom. The van der Waals surface area contributed by atoms with Crippen molar-refractivity contribution in [3.05, 3.63) is 0 Å². The SMILES string of the molecule is C1CCN([PH+](N2CCCC2)N2CCCC2)C1.F[P-](F)(F)(F)(F)F. The summed E-state index contributed by atoms with van der Waals surface area (Å²) in [6.07, 6.45) is 8.64. The summed E-state index contributed by atoms with van der Waals surface area (Å²) in [5.74, 6) is 0. The predicted octanol–water partition coefficient (Wildman–Crippen LogP) is 5.62. The molecule has 23 heavy (non-hydrogen) atoms. The number of hydrogen-bond donors (Lipinski definition) is 0. The summed E-state index contributed by atoms with van der Waals surface area (Å²) in [6, 6.07) is 0. The van der Waals surface area contributed by atoms with Gasteiger partial charge in [-0.1, -0.05) is 0 Å². The van der Waals surface area contributed by atoms with Crippen LogP contribution in [0.4, 0.5) is 25.2 Å². The fraction of sp³-hybridized carbons (Fsp3) is 1.00. The Morgan fingerprint density at radius 1 is 0.478 bits per heavy atom. The number of rotatable bonds is 3. The van der Waals surface area contributed by atoms with E-state index in [9.17, 15) is 25.2 Å². The van der Waals surface area contributed by atoms with Gasteiger partial charge in [-0.25, -0.2) is 0 Å². The Morgan fingerprint density at radius 3 is 0.826 bits per heavy atom. The number of hydrogen-bond acceptors (Lipinski definition) is 3. The van der Waals surface area contributed by atoms with E-state index in [1.165, 1.54) is 77.8 Å². The second kappa shape index (κ2) is 6.56. The molecule has 3 aliphatic rings. The van der Waals surface area contributed by atoms with Crippen molar-refractivity contribution in [2.24, 2.45) is 0 Å². The molecule has 3 rings (SSSR count). The Bertz CT molecular complexity index is 336. The van der Waals surface area contributed by atoms with Gasteiger partial charge in [0, 0.05) is 39.3 Å². The van der Waals surface area contributed by atoms with Crippen LogP contribution in [0.2, 0.25) is 0 Å². The third-order valence-corrected chi connectivity index (χ3v) is 7.21. The van der Waals surface area contributed by atoms with Gasteiger partial charge in [0.15, 0.2) is 0 Å². The van der Waals surface area contributed by atoms with Crippen molar-refractivity contribution in [3.8, 4) is 0 Å².